The molecule has 0 saturated carbocycles. The van der Waals surface area contributed by atoms with Crippen molar-refractivity contribution in [1.82, 2.24) is 14.9 Å². The summed E-state index contributed by atoms with van der Waals surface area (Å²) in [4.78, 5) is 10.3. The second-order valence-electron chi connectivity index (χ2n) is 8.52. The van der Waals surface area contributed by atoms with Crippen LogP contribution >= 0.6 is 12.2 Å². The van der Waals surface area contributed by atoms with E-state index in [1.165, 1.54) is 38.9 Å². The fourth-order valence-corrected chi connectivity index (χ4v) is 4.42. The number of hydrogen-bond donors (Lipinski definition) is 2. The lowest BCUT2D eigenvalue weighted by Crippen LogP contribution is -2.36. The van der Waals surface area contributed by atoms with Gasteiger partial charge in [0.25, 0.3) is 0 Å². The van der Waals surface area contributed by atoms with Crippen molar-refractivity contribution in [2.24, 2.45) is 0 Å². The van der Waals surface area contributed by atoms with Gasteiger partial charge in [0.05, 0.1) is 12.2 Å². The second-order valence-corrected chi connectivity index (χ2v) is 8.91. The fraction of sp³-hybridized carbons (Fsp3) is 0.259. The molecule has 0 aliphatic heterocycles. The molecule has 0 spiro atoms. The number of anilines is 1. The van der Waals surface area contributed by atoms with Crippen LogP contribution in [-0.2, 0) is 13.0 Å². The normalized spacial score (nSPS) is 11.0. The zero-order valence-corrected chi connectivity index (χ0v) is 20.0. The summed E-state index contributed by atoms with van der Waals surface area (Å²) in [6, 6.07) is 19.0. The van der Waals surface area contributed by atoms with E-state index < -0.39 is 0 Å². The largest absolute Gasteiger partial charge is 0.358 e. The van der Waals surface area contributed by atoms with Gasteiger partial charge >= 0.3 is 0 Å². The minimum absolute atomic E-state index is 0.665. The topological polar surface area (TPSA) is 44.0 Å². The molecule has 4 nitrogen and oxygen atoms in total. The van der Waals surface area contributed by atoms with Crippen LogP contribution in [0.25, 0.3) is 10.9 Å². The van der Waals surface area contributed by atoms with Crippen LogP contribution in [0.5, 0.6) is 0 Å². The van der Waals surface area contributed by atoms with E-state index in [2.05, 4.69) is 84.3 Å². The number of benzene rings is 2. The standard InChI is InChI=1S/C27H30N4S/c1-18-8-10-25(20(3)15-18)30-27(32)31(17-22-7-5-6-13-28-22)14-12-23-21(4)29-26-11-9-19(2)16-24(23)26/h5-11,13,15-16,29H,12,14,17H2,1-4H3,(H,30,32). The highest BCUT2D eigenvalue weighted by Gasteiger charge is 2.15. The van der Waals surface area contributed by atoms with Gasteiger partial charge in [-0.3, -0.25) is 4.98 Å². The molecule has 0 saturated heterocycles. The first-order chi connectivity index (χ1) is 15.4. The highest BCUT2D eigenvalue weighted by Crippen LogP contribution is 2.24. The first-order valence-corrected chi connectivity index (χ1v) is 11.4. The Morgan fingerprint density at radius 2 is 1.78 bits per heavy atom. The van der Waals surface area contributed by atoms with Gasteiger partial charge in [0, 0.05) is 35.0 Å². The van der Waals surface area contributed by atoms with Gasteiger partial charge in [0.1, 0.15) is 0 Å². The second kappa shape index (κ2) is 9.53. The molecule has 4 rings (SSSR count). The van der Waals surface area contributed by atoms with Gasteiger partial charge < -0.3 is 15.2 Å². The van der Waals surface area contributed by atoms with Crippen LogP contribution in [-0.4, -0.2) is 26.5 Å². The molecule has 0 aliphatic carbocycles. The van der Waals surface area contributed by atoms with Gasteiger partial charge in [-0.05, 0) is 87.8 Å². The number of pyridine rings is 1. The van der Waals surface area contributed by atoms with Gasteiger partial charge in [0.15, 0.2) is 5.11 Å². The van der Waals surface area contributed by atoms with Crippen molar-refractivity contribution >= 4 is 33.9 Å². The Kier molecular flexibility index (Phi) is 6.56. The molecule has 5 heteroatoms. The quantitative estimate of drug-likeness (QED) is 0.347. The molecular weight excluding hydrogens is 412 g/mol. The van der Waals surface area contributed by atoms with Gasteiger partial charge in [-0.25, -0.2) is 0 Å². The van der Waals surface area contributed by atoms with E-state index in [9.17, 15) is 0 Å². The zero-order chi connectivity index (χ0) is 22.7. The van der Waals surface area contributed by atoms with Gasteiger partial charge in [-0.1, -0.05) is 35.4 Å². The van der Waals surface area contributed by atoms with Crippen LogP contribution in [0.15, 0.2) is 60.8 Å². The third-order valence-electron chi connectivity index (χ3n) is 5.90. The Bertz CT molecular complexity index is 1240. The van der Waals surface area contributed by atoms with Gasteiger partial charge in [-0.2, -0.15) is 0 Å². The highest BCUT2D eigenvalue weighted by molar-refractivity contribution is 7.80. The maximum atomic E-state index is 5.87. The predicted molar refractivity (Wildman–Crippen MR) is 138 cm³/mol. The predicted octanol–water partition coefficient (Wildman–Crippen LogP) is 6.24. The molecule has 2 heterocycles. The summed E-state index contributed by atoms with van der Waals surface area (Å²) in [5, 5.41) is 5.49. The van der Waals surface area contributed by atoms with Crippen LogP contribution in [0.4, 0.5) is 5.69 Å². The highest BCUT2D eigenvalue weighted by atomic mass is 32.1. The van der Waals surface area contributed by atoms with Crippen molar-refractivity contribution in [3.05, 3.63) is 94.4 Å². The fourth-order valence-electron chi connectivity index (χ4n) is 4.15. The Morgan fingerprint density at radius 1 is 1.00 bits per heavy atom. The van der Waals surface area contributed by atoms with Crippen molar-refractivity contribution < 1.29 is 0 Å². The van der Waals surface area contributed by atoms with Crippen LogP contribution in [0.1, 0.15) is 33.6 Å². The van der Waals surface area contributed by atoms with Crippen molar-refractivity contribution in [3.63, 3.8) is 0 Å². The molecule has 32 heavy (non-hydrogen) atoms. The van der Waals surface area contributed by atoms with E-state index in [4.69, 9.17) is 12.2 Å². The lowest BCUT2D eigenvalue weighted by Gasteiger charge is -2.26. The molecule has 0 radical (unpaired) electrons. The first-order valence-electron chi connectivity index (χ1n) is 11.0. The number of nitrogens with one attached hydrogen (secondary N) is 2. The molecule has 0 unspecified atom stereocenters. The van der Waals surface area contributed by atoms with Crippen LogP contribution in [0.3, 0.4) is 0 Å². The molecule has 0 aliphatic rings. The van der Waals surface area contributed by atoms with Gasteiger partial charge in [-0.15, -0.1) is 0 Å². The Morgan fingerprint density at radius 3 is 2.53 bits per heavy atom. The van der Waals surface area contributed by atoms with Crippen LogP contribution in [0.2, 0.25) is 0 Å². The number of hydrogen-bond acceptors (Lipinski definition) is 2. The summed E-state index contributed by atoms with van der Waals surface area (Å²) in [5.74, 6) is 0. The number of aryl methyl sites for hydroxylation is 4. The summed E-state index contributed by atoms with van der Waals surface area (Å²) in [6.45, 7) is 9.97. The molecule has 0 bridgehead atoms. The average molecular weight is 443 g/mol. The third-order valence-corrected chi connectivity index (χ3v) is 6.26. The van der Waals surface area contributed by atoms with E-state index in [0.717, 1.165) is 29.5 Å². The first kappa shape index (κ1) is 22.0. The van der Waals surface area contributed by atoms with E-state index in [1.54, 1.807) is 0 Å². The van der Waals surface area contributed by atoms with E-state index >= 15 is 0 Å². The monoisotopic (exact) mass is 442 g/mol. The van der Waals surface area contributed by atoms with Crippen molar-refractivity contribution in [2.75, 3.05) is 11.9 Å². The molecule has 0 atom stereocenters. The number of rotatable bonds is 6. The molecule has 4 aromatic rings. The minimum Gasteiger partial charge on any atom is -0.358 e. The summed E-state index contributed by atoms with van der Waals surface area (Å²) in [5.41, 5.74) is 9.52. The van der Waals surface area contributed by atoms with Crippen molar-refractivity contribution in [2.45, 2.75) is 40.7 Å². The lowest BCUT2D eigenvalue weighted by molar-refractivity contribution is 0.417. The number of aromatic nitrogens is 2. The average Bonchev–Trinajstić information content (AvgIpc) is 3.08. The van der Waals surface area contributed by atoms with E-state index in [1.807, 2.05) is 24.4 Å². The van der Waals surface area contributed by atoms with Gasteiger partial charge in [0.2, 0.25) is 0 Å². The van der Waals surface area contributed by atoms with Crippen molar-refractivity contribution in [1.29, 1.82) is 0 Å². The van der Waals surface area contributed by atoms with E-state index in [0.29, 0.717) is 6.54 Å². The molecule has 0 amide bonds. The van der Waals surface area contributed by atoms with Crippen molar-refractivity contribution in [3.8, 4) is 0 Å². The summed E-state index contributed by atoms with van der Waals surface area (Å²) < 4.78 is 0. The summed E-state index contributed by atoms with van der Waals surface area (Å²) >= 11 is 5.87. The Hall–Kier alpha value is -3.18. The lowest BCUT2D eigenvalue weighted by atomic mass is 10.1. The summed E-state index contributed by atoms with van der Waals surface area (Å²) in [6.07, 6.45) is 2.73. The third kappa shape index (κ3) is 5.00. The molecule has 2 aromatic carbocycles. The Labute approximate surface area is 195 Å². The number of thiocarbonyl (C=S) groups is 1. The van der Waals surface area contributed by atoms with E-state index in [-0.39, 0.29) is 0 Å². The molecule has 164 valence electrons. The molecule has 2 aromatic heterocycles. The SMILES string of the molecule is Cc1ccc(NC(=S)N(CCc2c(C)[nH]c3ccc(C)cc23)Cc2ccccn2)c(C)c1. The molecular formula is C27H30N4S. The Balaban J connectivity index is 1.57. The minimum atomic E-state index is 0.665. The number of H-pyrrole nitrogens is 1. The number of nitrogens with zero attached hydrogens (tertiary/aromatic N) is 2. The number of aromatic amines is 1. The zero-order valence-electron chi connectivity index (χ0n) is 19.2. The number of fused-ring (bicyclic) bond motifs is 1. The maximum Gasteiger partial charge on any atom is 0.173 e. The summed E-state index contributed by atoms with van der Waals surface area (Å²) in [7, 11) is 0. The maximum absolute atomic E-state index is 5.87. The van der Waals surface area contributed by atoms with Crippen LogP contribution in [0, 0.1) is 27.7 Å². The molecule has 0 fully saturated rings. The van der Waals surface area contributed by atoms with Crippen LogP contribution < -0.4 is 5.32 Å². The smallest absolute Gasteiger partial charge is 0.173 e. The molecule has 2 N–H and O–H groups in total.